The van der Waals surface area contributed by atoms with Gasteiger partial charge in [0.1, 0.15) is 6.61 Å². The van der Waals surface area contributed by atoms with Gasteiger partial charge in [-0.15, -0.1) is 0 Å². The maximum absolute atomic E-state index is 10.7. The summed E-state index contributed by atoms with van der Waals surface area (Å²) in [6, 6.07) is 0. The van der Waals surface area contributed by atoms with Crippen LogP contribution in [0.15, 0.2) is 0 Å². The van der Waals surface area contributed by atoms with Crippen molar-refractivity contribution in [3.05, 3.63) is 0 Å². The first-order valence-electron chi connectivity index (χ1n) is 4.21. The smallest absolute Gasteiger partial charge is 0.342 e. The highest BCUT2D eigenvalue weighted by Crippen LogP contribution is 1.91. The molecule has 0 saturated heterocycles. The van der Waals surface area contributed by atoms with E-state index in [1.807, 2.05) is 13.8 Å². The molecular formula is C8H16O4. The van der Waals surface area contributed by atoms with E-state index in [9.17, 15) is 4.79 Å². The summed E-state index contributed by atoms with van der Waals surface area (Å²) < 4.78 is 4.96. The van der Waals surface area contributed by atoms with Gasteiger partial charge in [0, 0.05) is 13.0 Å². The van der Waals surface area contributed by atoms with Crippen molar-refractivity contribution in [3.63, 3.8) is 0 Å². The molecule has 0 saturated carbocycles. The van der Waals surface area contributed by atoms with E-state index in [0.29, 0.717) is 26.2 Å². The molecule has 0 radical (unpaired) electrons. The van der Waals surface area contributed by atoms with E-state index in [4.69, 9.17) is 4.74 Å². The van der Waals surface area contributed by atoms with E-state index in [0.717, 1.165) is 6.42 Å². The quantitative estimate of drug-likeness (QED) is 0.333. The van der Waals surface area contributed by atoms with Crippen molar-refractivity contribution >= 4 is 5.97 Å². The van der Waals surface area contributed by atoms with Crippen molar-refractivity contribution < 1.29 is 19.3 Å². The number of hydrogen-bond donors (Lipinski definition) is 0. The largest absolute Gasteiger partial charge is 0.379 e. The van der Waals surface area contributed by atoms with Gasteiger partial charge < -0.3 is 4.74 Å². The average molecular weight is 176 g/mol. The van der Waals surface area contributed by atoms with E-state index in [1.54, 1.807) is 0 Å². The van der Waals surface area contributed by atoms with Crippen molar-refractivity contribution in [1.29, 1.82) is 0 Å². The second-order valence-corrected chi connectivity index (χ2v) is 2.22. The Hall–Kier alpha value is -0.610. The Balaban J connectivity index is 3.03. The Bertz CT molecular complexity index is 114. The summed E-state index contributed by atoms with van der Waals surface area (Å²) in [5, 5.41) is 0. The molecule has 0 aromatic rings. The summed E-state index contributed by atoms with van der Waals surface area (Å²) in [5.74, 6) is -0.325. The molecule has 0 bridgehead atoms. The van der Waals surface area contributed by atoms with Crippen molar-refractivity contribution in [1.82, 2.24) is 0 Å². The highest BCUT2D eigenvalue weighted by molar-refractivity contribution is 5.68. The molecule has 72 valence electrons. The molecule has 0 aliphatic heterocycles. The summed E-state index contributed by atoms with van der Waals surface area (Å²) in [4.78, 5) is 19.7. The summed E-state index contributed by atoms with van der Waals surface area (Å²) in [6.45, 7) is 5.19. The fraction of sp³-hybridized carbons (Fsp3) is 0.875. The Morgan fingerprint density at radius 3 is 2.58 bits per heavy atom. The molecule has 0 unspecified atom stereocenters. The number of rotatable bonds is 7. The van der Waals surface area contributed by atoms with Gasteiger partial charge in [-0.05, 0) is 13.3 Å². The minimum atomic E-state index is -0.325. The second kappa shape index (κ2) is 8.49. The van der Waals surface area contributed by atoms with Crippen LogP contribution < -0.4 is 0 Å². The highest BCUT2D eigenvalue weighted by Gasteiger charge is 2.00. The van der Waals surface area contributed by atoms with Crippen molar-refractivity contribution in [2.45, 2.75) is 26.7 Å². The van der Waals surface area contributed by atoms with E-state index in [1.165, 1.54) is 0 Å². The van der Waals surface area contributed by atoms with Crippen LogP contribution in [-0.4, -0.2) is 25.8 Å². The predicted octanol–water partition coefficient (Wildman–Crippen LogP) is 1.30. The van der Waals surface area contributed by atoms with Crippen LogP contribution in [0.5, 0.6) is 0 Å². The van der Waals surface area contributed by atoms with Crippen LogP contribution in [0.3, 0.4) is 0 Å². The summed E-state index contributed by atoms with van der Waals surface area (Å²) in [5.41, 5.74) is 0. The highest BCUT2D eigenvalue weighted by atomic mass is 17.2. The van der Waals surface area contributed by atoms with Gasteiger partial charge in [0.25, 0.3) is 0 Å². The molecule has 12 heavy (non-hydrogen) atoms. The van der Waals surface area contributed by atoms with Crippen LogP contribution in [0.1, 0.15) is 26.7 Å². The van der Waals surface area contributed by atoms with Gasteiger partial charge in [0.15, 0.2) is 0 Å². The third kappa shape index (κ3) is 7.50. The molecule has 0 aliphatic carbocycles. The van der Waals surface area contributed by atoms with Crippen LogP contribution in [0.25, 0.3) is 0 Å². The molecule has 4 nitrogen and oxygen atoms in total. The van der Waals surface area contributed by atoms with E-state index >= 15 is 0 Å². The SMILES string of the molecule is CCCC(=O)OOCCOCC. The lowest BCUT2D eigenvalue weighted by molar-refractivity contribution is -0.276. The van der Waals surface area contributed by atoms with Gasteiger partial charge in [-0.1, -0.05) is 6.92 Å². The maximum Gasteiger partial charge on any atom is 0.342 e. The molecule has 0 aromatic carbocycles. The zero-order valence-electron chi connectivity index (χ0n) is 7.67. The number of carbonyl (C=O) groups is 1. The maximum atomic E-state index is 10.7. The van der Waals surface area contributed by atoms with Gasteiger partial charge in [-0.2, -0.15) is 4.89 Å². The van der Waals surface area contributed by atoms with Crippen LogP contribution in [0, 0.1) is 0 Å². The molecule has 0 amide bonds. The van der Waals surface area contributed by atoms with E-state index in [-0.39, 0.29) is 5.97 Å². The first-order chi connectivity index (χ1) is 5.81. The van der Waals surface area contributed by atoms with Gasteiger partial charge >= 0.3 is 5.97 Å². The van der Waals surface area contributed by atoms with Crippen molar-refractivity contribution in [3.8, 4) is 0 Å². The lowest BCUT2D eigenvalue weighted by Crippen LogP contribution is -2.09. The lowest BCUT2D eigenvalue weighted by atomic mass is 10.3. The van der Waals surface area contributed by atoms with Crippen LogP contribution in [0.2, 0.25) is 0 Å². The fourth-order valence-electron chi connectivity index (χ4n) is 0.590. The molecule has 0 aliphatic rings. The molecule has 0 fully saturated rings. The van der Waals surface area contributed by atoms with E-state index in [2.05, 4.69) is 9.78 Å². The summed E-state index contributed by atoms with van der Waals surface area (Å²) >= 11 is 0. The zero-order chi connectivity index (χ0) is 9.23. The monoisotopic (exact) mass is 176 g/mol. The molecule has 0 heterocycles. The Morgan fingerprint density at radius 2 is 2.00 bits per heavy atom. The standard InChI is InChI=1S/C8H16O4/c1-3-5-8(9)12-11-7-6-10-4-2/h3-7H2,1-2H3. The van der Waals surface area contributed by atoms with Crippen molar-refractivity contribution in [2.75, 3.05) is 19.8 Å². The van der Waals surface area contributed by atoms with Crippen LogP contribution >= 0.6 is 0 Å². The van der Waals surface area contributed by atoms with Crippen LogP contribution in [0.4, 0.5) is 0 Å². The van der Waals surface area contributed by atoms with Crippen LogP contribution in [-0.2, 0) is 19.3 Å². The molecule has 0 N–H and O–H groups in total. The van der Waals surface area contributed by atoms with Gasteiger partial charge in [0.2, 0.25) is 0 Å². The van der Waals surface area contributed by atoms with E-state index < -0.39 is 0 Å². The molecular weight excluding hydrogens is 160 g/mol. The normalized spacial score (nSPS) is 9.83. The Morgan fingerprint density at radius 1 is 1.25 bits per heavy atom. The first-order valence-corrected chi connectivity index (χ1v) is 4.21. The number of ether oxygens (including phenoxy) is 1. The Labute approximate surface area is 72.7 Å². The Kier molecular flexibility index (Phi) is 8.05. The summed E-state index contributed by atoms with van der Waals surface area (Å²) in [7, 11) is 0. The van der Waals surface area contributed by atoms with Gasteiger partial charge in [-0.25, -0.2) is 4.79 Å². The topological polar surface area (TPSA) is 44.8 Å². The molecule has 0 atom stereocenters. The summed E-state index contributed by atoms with van der Waals surface area (Å²) in [6.07, 6.45) is 1.17. The number of hydrogen-bond acceptors (Lipinski definition) is 4. The average Bonchev–Trinajstić information content (AvgIpc) is 2.05. The lowest BCUT2D eigenvalue weighted by Gasteiger charge is -2.02. The fourth-order valence-corrected chi connectivity index (χ4v) is 0.590. The molecule has 4 heteroatoms. The third-order valence-electron chi connectivity index (χ3n) is 1.12. The molecule has 0 spiro atoms. The first kappa shape index (κ1) is 11.4. The van der Waals surface area contributed by atoms with Gasteiger partial charge in [0.05, 0.1) is 6.61 Å². The second-order valence-electron chi connectivity index (χ2n) is 2.22. The van der Waals surface area contributed by atoms with Crippen molar-refractivity contribution in [2.24, 2.45) is 0 Å². The molecule has 0 rings (SSSR count). The predicted molar refractivity (Wildman–Crippen MR) is 43.4 cm³/mol. The minimum absolute atomic E-state index is 0.295. The van der Waals surface area contributed by atoms with Gasteiger partial charge in [-0.3, -0.25) is 4.89 Å². The third-order valence-corrected chi connectivity index (χ3v) is 1.12. The minimum Gasteiger partial charge on any atom is -0.379 e. The molecule has 0 aromatic heterocycles. The zero-order valence-corrected chi connectivity index (χ0v) is 7.67. The number of carbonyl (C=O) groups excluding carboxylic acids is 1.